The van der Waals surface area contributed by atoms with Crippen molar-refractivity contribution in [3.63, 3.8) is 0 Å². The van der Waals surface area contributed by atoms with Crippen LogP contribution in [0.2, 0.25) is 0 Å². The van der Waals surface area contributed by atoms with Crippen molar-refractivity contribution in [2.45, 2.75) is 92.4 Å². The minimum absolute atomic E-state index is 0.571. The molecule has 0 spiro atoms. The molecule has 0 aliphatic heterocycles. The summed E-state index contributed by atoms with van der Waals surface area (Å²) >= 11 is 0. The number of hydrogen-bond donors (Lipinski definition) is 0. The predicted molar refractivity (Wildman–Crippen MR) is 75.6 cm³/mol. The van der Waals surface area contributed by atoms with Crippen LogP contribution in [-0.2, 0) is 0 Å². The number of hydrogen-bond acceptors (Lipinski definition) is 0. The molecule has 0 heterocycles. The van der Waals surface area contributed by atoms with E-state index >= 15 is 0 Å². The Balaban J connectivity index is 4.46. The molecule has 0 atom stereocenters. The molecule has 0 nitrogen and oxygen atoms in total. The molecule has 0 unspecified atom stereocenters. The smallest absolute Gasteiger partial charge is 0.0241 e. The van der Waals surface area contributed by atoms with E-state index in [1.54, 1.807) is 5.92 Å². The Hall–Kier alpha value is 0. The van der Waals surface area contributed by atoms with Crippen LogP contribution in [-0.4, -0.2) is 0 Å². The van der Waals surface area contributed by atoms with Gasteiger partial charge in [0.25, 0.3) is 0 Å². The lowest BCUT2D eigenvalue weighted by molar-refractivity contribution is 0.218. The van der Waals surface area contributed by atoms with Gasteiger partial charge in [-0.2, -0.15) is 0 Å². The summed E-state index contributed by atoms with van der Waals surface area (Å²) in [6, 6.07) is 0. The Labute approximate surface area is 104 Å². The van der Waals surface area contributed by atoms with E-state index in [9.17, 15) is 0 Å². The lowest BCUT2D eigenvalue weighted by Crippen LogP contribution is -2.26. The highest BCUT2D eigenvalue weighted by atomic mass is 14.4. The third-order valence-corrected chi connectivity index (χ3v) is 4.09. The fourth-order valence-electron chi connectivity index (χ4n) is 2.67. The molecule has 0 aliphatic carbocycles. The summed E-state index contributed by atoms with van der Waals surface area (Å²) < 4.78 is 0. The molecule has 0 aromatic carbocycles. The van der Waals surface area contributed by atoms with E-state index in [1.165, 1.54) is 57.8 Å². The first kappa shape index (κ1) is 16.0. The highest BCUT2D eigenvalue weighted by Crippen LogP contribution is 2.44. The fourth-order valence-corrected chi connectivity index (χ4v) is 2.67. The Morgan fingerprint density at radius 3 is 1.19 bits per heavy atom. The highest BCUT2D eigenvalue weighted by molar-refractivity contribution is 5.00. The first-order chi connectivity index (χ1) is 7.63. The van der Waals surface area contributed by atoms with Gasteiger partial charge in [-0.25, -0.2) is 0 Å². The largest absolute Gasteiger partial charge is 0.0654 e. The van der Waals surface area contributed by atoms with Gasteiger partial charge in [-0.1, -0.05) is 73.1 Å². The maximum atomic E-state index is 2.36. The summed E-state index contributed by atoms with van der Waals surface area (Å²) in [5, 5.41) is 0. The van der Waals surface area contributed by atoms with Crippen LogP contribution in [0.1, 0.15) is 92.4 Å². The van der Waals surface area contributed by atoms with E-state index in [4.69, 9.17) is 0 Å². The van der Waals surface area contributed by atoms with Crippen LogP contribution in [0.5, 0.6) is 0 Å². The molecule has 0 saturated heterocycles. The molecule has 0 amide bonds. The molecule has 0 heteroatoms. The van der Waals surface area contributed by atoms with Crippen molar-refractivity contribution in [1.82, 2.24) is 0 Å². The van der Waals surface area contributed by atoms with E-state index in [-0.39, 0.29) is 0 Å². The molecular formula is C16H33. The zero-order valence-electron chi connectivity index (χ0n) is 12.4. The normalized spacial score (nSPS) is 12.4. The summed E-state index contributed by atoms with van der Waals surface area (Å²) in [5.41, 5.74) is 0.571. The first-order valence-electron chi connectivity index (χ1n) is 7.43. The molecule has 0 aromatic heterocycles. The van der Waals surface area contributed by atoms with Crippen LogP contribution in [0.25, 0.3) is 0 Å². The third-order valence-electron chi connectivity index (χ3n) is 4.09. The molecule has 1 radical (unpaired) electrons. The van der Waals surface area contributed by atoms with Crippen LogP contribution in [0.4, 0.5) is 0 Å². The van der Waals surface area contributed by atoms with Gasteiger partial charge < -0.3 is 0 Å². The Kier molecular flexibility index (Phi) is 9.07. The average Bonchev–Trinajstić information content (AvgIpc) is 2.28. The van der Waals surface area contributed by atoms with Crippen molar-refractivity contribution in [2.75, 3.05) is 0 Å². The molecule has 0 aromatic rings. The van der Waals surface area contributed by atoms with Crippen LogP contribution in [0.3, 0.4) is 0 Å². The SMILES string of the molecule is CCCCC(CCCC)(CCCC)[C](C)C. The second-order valence-electron chi connectivity index (χ2n) is 5.59. The lowest BCUT2D eigenvalue weighted by Gasteiger charge is -2.38. The summed E-state index contributed by atoms with van der Waals surface area (Å²) in [6.07, 6.45) is 12.5. The molecule has 16 heavy (non-hydrogen) atoms. The maximum absolute atomic E-state index is 2.36. The second-order valence-corrected chi connectivity index (χ2v) is 5.59. The topological polar surface area (TPSA) is 0 Å². The highest BCUT2D eigenvalue weighted by Gasteiger charge is 2.31. The van der Waals surface area contributed by atoms with E-state index in [1.807, 2.05) is 0 Å². The van der Waals surface area contributed by atoms with Crippen molar-refractivity contribution < 1.29 is 0 Å². The molecule has 97 valence electrons. The minimum Gasteiger partial charge on any atom is -0.0654 e. The monoisotopic (exact) mass is 225 g/mol. The fraction of sp³-hybridized carbons (Fsp3) is 0.938. The van der Waals surface area contributed by atoms with Gasteiger partial charge in [-0.15, -0.1) is 0 Å². The van der Waals surface area contributed by atoms with Crippen LogP contribution >= 0.6 is 0 Å². The summed E-state index contributed by atoms with van der Waals surface area (Å²) in [6.45, 7) is 11.7. The molecule has 0 rings (SSSR count). The van der Waals surface area contributed by atoms with Gasteiger partial charge in [-0.3, -0.25) is 0 Å². The van der Waals surface area contributed by atoms with Crippen LogP contribution < -0.4 is 0 Å². The van der Waals surface area contributed by atoms with E-state index < -0.39 is 0 Å². The van der Waals surface area contributed by atoms with Gasteiger partial charge in [0.05, 0.1) is 0 Å². The van der Waals surface area contributed by atoms with Crippen LogP contribution in [0, 0.1) is 11.3 Å². The summed E-state index contributed by atoms with van der Waals surface area (Å²) in [5.74, 6) is 1.68. The van der Waals surface area contributed by atoms with Gasteiger partial charge in [0, 0.05) is 0 Å². The van der Waals surface area contributed by atoms with E-state index in [0.717, 1.165) is 0 Å². The molecule has 0 saturated carbocycles. The van der Waals surface area contributed by atoms with Gasteiger partial charge in [0.15, 0.2) is 0 Å². The van der Waals surface area contributed by atoms with Gasteiger partial charge in [0.1, 0.15) is 0 Å². The van der Waals surface area contributed by atoms with E-state index in [0.29, 0.717) is 5.41 Å². The minimum atomic E-state index is 0.571. The van der Waals surface area contributed by atoms with Gasteiger partial charge >= 0.3 is 0 Å². The van der Waals surface area contributed by atoms with Crippen molar-refractivity contribution >= 4 is 0 Å². The Bertz CT molecular complexity index is 124. The number of unbranched alkanes of at least 4 members (excludes halogenated alkanes) is 3. The molecule has 0 fully saturated rings. The quantitative estimate of drug-likeness (QED) is 0.418. The van der Waals surface area contributed by atoms with Gasteiger partial charge in [0.2, 0.25) is 0 Å². The maximum Gasteiger partial charge on any atom is -0.0241 e. The third kappa shape index (κ3) is 5.37. The molecule has 0 aliphatic rings. The Morgan fingerprint density at radius 1 is 0.688 bits per heavy atom. The molecule has 0 N–H and O–H groups in total. The predicted octanol–water partition coefficient (Wildman–Crippen LogP) is 6.16. The van der Waals surface area contributed by atoms with Crippen LogP contribution in [0.15, 0.2) is 0 Å². The van der Waals surface area contributed by atoms with Crippen molar-refractivity contribution in [1.29, 1.82) is 0 Å². The lowest BCUT2D eigenvalue weighted by atomic mass is 9.67. The summed E-state index contributed by atoms with van der Waals surface area (Å²) in [7, 11) is 0. The molecule has 0 bridgehead atoms. The summed E-state index contributed by atoms with van der Waals surface area (Å²) in [4.78, 5) is 0. The average molecular weight is 225 g/mol. The second kappa shape index (κ2) is 9.07. The van der Waals surface area contributed by atoms with Crippen molar-refractivity contribution in [3.05, 3.63) is 5.92 Å². The van der Waals surface area contributed by atoms with Gasteiger partial charge in [-0.05, 0) is 30.6 Å². The standard InChI is InChI=1S/C16H33/c1-6-9-12-16(15(4)5,13-10-7-2)14-11-8-3/h6-14H2,1-5H3. The Morgan fingerprint density at radius 2 is 1.00 bits per heavy atom. The van der Waals surface area contributed by atoms with E-state index in [2.05, 4.69) is 34.6 Å². The first-order valence-corrected chi connectivity index (χ1v) is 7.43. The molecular weight excluding hydrogens is 192 g/mol. The zero-order valence-corrected chi connectivity index (χ0v) is 12.4. The van der Waals surface area contributed by atoms with Crippen molar-refractivity contribution in [3.8, 4) is 0 Å². The zero-order chi connectivity index (χ0) is 12.4. The number of rotatable bonds is 10. The van der Waals surface area contributed by atoms with Crippen molar-refractivity contribution in [2.24, 2.45) is 5.41 Å².